The lowest BCUT2D eigenvalue weighted by Gasteiger charge is -2.37. The van der Waals surface area contributed by atoms with Crippen molar-refractivity contribution in [2.45, 2.75) is 32.9 Å². The second kappa shape index (κ2) is 7.35. The van der Waals surface area contributed by atoms with Gasteiger partial charge in [-0.3, -0.25) is 9.69 Å². The molecule has 1 aliphatic heterocycles. The van der Waals surface area contributed by atoms with Crippen molar-refractivity contribution in [1.29, 1.82) is 0 Å². The molecule has 5 nitrogen and oxygen atoms in total. The zero-order valence-electron chi connectivity index (χ0n) is 14.7. The van der Waals surface area contributed by atoms with Crippen LogP contribution in [-0.4, -0.2) is 40.6 Å². The summed E-state index contributed by atoms with van der Waals surface area (Å²) in [6.45, 7) is 5.15. The maximum absolute atomic E-state index is 13.0. The number of carbonyl (C=O) groups is 1. The second-order valence-electron chi connectivity index (χ2n) is 6.97. The van der Waals surface area contributed by atoms with Crippen molar-refractivity contribution >= 4 is 5.97 Å². The molecular formula is C19H24FN3O2. The molecule has 1 aromatic carbocycles. The van der Waals surface area contributed by atoms with E-state index in [0.717, 1.165) is 43.7 Å². The Morgan fingerprint density at radius 3 is 2.56 bits per heavy atom. The fraction of sp³-hybridized carbons (Fsp3) is 0.474. The molecule has 1 fully saturated rings. The van der Waals surface area contributed by atoms with Gasteiger partial charge >= 0.3 is 5.97 Å². The van der Waals surface area contributed by atoms with Gasteiger partial charge in [-0.2, -0.15) is 0 Å². The Morgan fingerprint density at radius 1 is 1.24 bits per heavy atom. The van der Waals surface area contributed by atoms with Crippen molar-refractivity contribution in [3.63, 3.8) is 0 Å². The van der Waals surface area contributed by atoms with Crippen molar-refractivity contribution in [1.82, 2.24) is 14.5 Å². The molecule has 25 heavy (non-hydrogen) atoms. The van der Waals surface area contributed by atoms with Gasteiger partial charge in [0.05, 0.1) is 24.5 Å². The summed E-state index contributed by atoms with van der Waals surface area (Å²) in [6.07, 6.45) is 5.27. The average molecular weight is 345 g/mol. The number of esters is 1. The maximum atomic E-state index is 13.0. The lowest BCUT2D eigenvalue weighted by Crippen LogP contribution is -2.43. The minimum atomic E-state index is -0.375. The molecule has 1 saturated heterocycles. The minimum absolute atomic E-state index is 0.117. The van der Waals surface area contributed by atoms with Gasteiger partial charge in [0.25, 0.3) is 0 Å². The molecule has 1 aliphatic rings. The highest BCUT2D eigenvalue weighted by molar-refractivity contribution is 5.76. The summed E-state index contributed by atoms with van der Waals surface area (Å²) in [4.78, 5) is 18.5. The van der Waals surface area contributed by atoms with E-state index in [1.807, 2.05) is 13.1 Å². The van der Waals surface area contributed by atoms with Gasteiger partial charge in [0.1, 0.15) is 5.82 Å². The van der Waals surface area contributed by atoms with Crippen LogP contribution in [0, 0.1) is 11.2 Å². The number of halogens is 1. The summed E-state index contributed by atoms with van der Waals surface area (Å²) in [5, 5.41) is 0. The number of carbonyl (C=O) groups excluding carboxylic acids is 1. The summed E-state index contributed by atoms with van der Waals surface area (Å²) >= 11 is 0. The number of ether oxygens (including phenoxy) is 1. The fourth-order valence-electron chi connectivity index (χ4n) is 3.29. The summed E-state index contributed by atoms with van der Waals surface area (Å²) in [7, 11) is 1.45. The van der Waals surface area contributed by atoms with Crippen LogP contribution in [0.15, 0.2) is 36.8 Å². The molecule has 0 unspecified atom stereocenters. The number of likely N-dealkylation sites (tertiary alicyclic amines) is 1. The Balaban J connectivity index is 1.61. The maximum Gasteiger partial charge on any atom is 0.311 e. The van der Waals surface area contributed by atoms with E-state index >= 15 is 0 Å². The normalized spacial score (nSPS) is 17.4. The number of benzene rings is 1. The smallest absolute Gasteiger partial charge is 0.311 e. The van der Waals surface area contributed by atoms with Crippen LogP contribution in [0.25, 0.3) is 0 Å². The van der Waals surface area contributed by atoms with Crippen LogP contribution >= 0.6 is 0 Å². The van der Waals surface area contributed by atoms with Crippen LogP contribution < -0.4 is 0 Å². The number of piperidine rings is 1. The Bertz CT molecular complexity index is 719. The lowest BCUT2D eigenvalue weighted by molar-refractivity contribution is -0.154. The Labute approximate surface area is 147 Å². The number of hydrogen-bond acceptors (Lipinski definition) is 4. The first-order valence-corrected chi connectivity index (χ1v) is 8.54. The highest BCUT2D eigenvalue weighted by atomic mass is 19.1. The molecule has 0 spiro atoms. The number of methoxy groups -OCH3 is 1. The third-order valence-electron chi connectivity index (χ3n) is 5.09. The van der Waals surface area contributed by atoms with Gasteiger partial charge in [-0.1, -0.05) is 12.1 Å². The van der Waals surface area contributed by atoms with Gasteiger partial charge in [-0.05, 0) is 50.6 Å². The predicted octanol–water partition coefficient (Wildman–Crippen LogP) is 2.85. The molecule has 134 valence electrons. The highest BCUT2D eigenvalue weighted by Crippen LogP contribution is 2.32. The van der Waals surface area contributed by atoms with Crippen LogP contribution in [0.2, 0.25) is 0 Å². The molecule has 0 amide bonds. The minimum Gasteiger partial charge on any atom is -0.469 e. The van der Waals surface area contributed by atoms with Crippen LogP contribution in [0.1, 0.15) is 31.0 Å². The van der Waals surface area contributed by atoms with Crippen molar-refractivity contribution in [2.24, 2.45) is 5.41 Å². The summed E-state index contributed by atoms with van der Waals surface area (Å²) < 4.78 is 20.1. The van der Waals surface area contributed by atoms with Crippen LogP contribution in [0.5, 0.6) is 0 Å². The molecular weight excluding hydrogens is 321 g/mol. The van der Waals surface area contributed by atoms with E-state index in [4.69, 9.17) is 4.74 Å². The Kier molecular flexibility index (Phi) is 5.18. The van der Waals surface area contributed by atoms with E-state index in [0.29, 0.717) is 6.54 Å². The summed E-state index contributed by atoms with van der Waals surface area (Å²) in [5.41, 5.74) is 1.78. The number of aromatic nitrogens is 2. The quantitative estimate of drug-likeness (QED) is 0.782. The van der Waals surface area contributed by atoms with Gasteiger partial charge in [-0.15, -0.1) is 0 Å². The van der Waals surface area contributed by atoms with Gasteiger partial charge in [0.15, 0.2) is 0 Å². The van der Waals surface area contributed by atoms with E-state index in [-0.39, 0.29) is 17.2 Å². The molecule has 1 aromatic heterocycles. The van der Waals surface area contributed by atoms with Gasteiger partial charge in [-0.25, -0.2) is 9.37 Å². The van der Waals surface area contributed by atoms with Gasteiger partial charge in [0.2, 0.25) is 0 Å². The van der Waals surface area contributed by atoms with E-state index in [1.54, 1.807) is 18.5 Å². The molecule has 2 heterocycles. The molecule has 6 heteroatoms. The zero-order valence-corrected chi connectivity index (χ0v) is 14.7. The van der Waals surface area contributed by atoms with E-state index in [9.17, 15) is 9.18 Å². The first-order chi connectivity index (χ1) is 12.0. The summed E-state index contributed by atoms with van der Waals surface area (Å²) in [5.74, 6) is -0.343. The molecule has 2 aromatic rings. The standard InChI is InChI=1S/C19H24FN3O2/c1-19(18(24)25-2)7-9-22(10-8-19)13-17-11-21-14-23(17)12-15-3-5-16(20)6-4-15/h3-6,11,14H,7-10,12-13H2,1-2H3. The van der Waals surface area contributed by atoms with Crippen molar-refractivity contribution in [2.75, 3.05) is 20.2 Å². The predicted molar refractivity (Wildman–Crippen MR) is 92.4 cm³/mol. The largest absolute Gasteiger partial charge is 0.469 e. The lowest BCUT2D eigenvalue weighted by atomic mass is 9.80. The van der Waals surface area contributed by atoms with Crippen LogP contribution in [-0.2, 0) is 22.6 Å². The first-order valence-electron chi connectivity index (χ1n) is 8.54. The molecule has 0 bridgehead atoms. The van der Waals surface area contributed by atoms with Crippen molar-refractivity contribution in [3.05, 3.63) is 53.9 Å². The van der Waals surface area contributed by atoms with E-state index in [1.165, 1.54) is 19.2 Å². The molecule has 0 saturated carbocycles. The second-order valence-corrected chi connectivity index (χ2v) is 6.97. The molecule has 3 rings (SSSR count). The molecule has 0 N–H and O–H groups in total. The van der Waals surface area contributed by atoms with Gasteiger partial charge < -0.3 is 9.30 Å². The number of imidazole rings is 1. The highest BCUT2D eigenvalue weighted by Gasteiger charge is 2.37. The average Bonchev–Trinajstić information content (AvgIpc) is 3.05. The third-order valence-corrected chi connectivity index (χ3v) is 5.09. The van der Waals surface area contributed by atoms with Crippen LogP contribution in [0.3, 0.4) is 0 Å². The van der Waals surface area contributed by atoms with Crippen molar-refractivity contribution < 1.29 is 13.9 Å². The molecule has 0 aliphatic carbocycles. The Hall–Kier alpha value is -2.21. The third kappa shape index (κ3) is 4.07. The number of nitrogens with zero attached hydrogens (tertiary/aromatic N) is 3. The van der Waals surface area contributed by atoms with Crippen molar-refractivity contribution in [3.8, 4) is 0 Å². The fourth-order valence-corrected chi connectivity index (χ4v) is 3.29. The first kappa shape index (κ1) is 17.6. The van der Waals surface area contributed by atoms with Gasteiger partial charge in [0, 0.05) is 19.3 Å². The summed E-state index contributed by atoms with van der Waals surface area (Å²) in [6, 6.07) is 6.54. The Morgan fingerprint density at radius 2 is 1.92 bits per heavy atom. The SMILES string of the molecule is COC(=O)C1(C)CCN(Cc2cncn2Cc2ccc(F)cc2)CC1. The van der Waals surface area contributed by atoms with Crippen LogP contribution in [0.4, 0.5) is 4.39 Å². The topological polar surface area (TPSA) is 47.4 Å². The van der Waals surface area contributed by atoms with E-state index in [2.05, 4.69) is 14.5 Å². The number of rotatable bonds is 5. The zero-order chi connectivity index (χ0) is 17.9. The molecule has 0 atom stereocenters. The number of hydrogen-bond donors (Lipinski definition) is 0. The monoisotopic (exact) mass is 345 g/mol. The molecule has 0 radical (unpaired) electrons. The van der Waals surface area contributed by atoms with E-state index < -0.39 is 0 Å².